The second kappa shape index (κ2) is 6.79. The van der Waals surface area contributed by atoms with Crippen molar-refractivity contribution in [2.24, 2.45) is 0 Å². The second-order valence-electron chi connectivity index (χ2n) is 7.07. The van der Waals surface area contributed by atoms with E-state index in [-0.39, 0.29) is 17.7 Å². The lowest BCUT2D eigenvalue weighted by molar-refractivity contribution is -0.129. The summed E-state index contributed by atoms with van der Waals surface area (Å²) in [5, 5.41) is 1.93. The molecule has 0 saturated carbocycles. The van der Waals surface area contributed by atoms with Crippen LogP contribution in [0.25, 0.3) is 0 Å². The molecule has 4 heterocycles. The molecule has 0 aromatic carbocycles. The highest BCUT2D eigenvalue weighted by molar-refractivity contribution is 7.10. The lowest BCUT2D eigenvalue weighted by Gasteiger charge is -2.27. The second-order valence-corrected chi connectivity index (χ2v) is 8.19. The highest BCUT2D eigenvalue weighted by Gasteiger charge is 2.31. The van der Waals surface area contributed by atoms with E-state index in [1.165, 1.54) is 0 Å². The summed E-state index contributed by atoms with van der Waals surface area (Å²) in [5.74, 6) is 1.21. The predicted octanol–water partition coefficient (Wildman–Crippen LogP) is 2.38. The minimum atomic E-state index is 0.0911. The van der Waals surface area contributed by atoms with Crippen molar-refractivity contribution in [2.45, 2.75) is 39.2 Å². The Morgan fingerprint density at radius 2 is 2.12 bits per heavy atom. The molecule has 136 valence electrons. The zero-order chi connectivity index (χ0) is 18.3. The van der Waals surface area contributed by atoms with E-state index >= 15 is 0 Å². The Morgan fingerprint density at radius 1 is 1.27 bits per heavy atom. The third-order valence-corrected chi connectivity index (χ3v) is 6.08. The first kappa shape index (κ1) is 17.1. The molecule has 2 amide bonds. The molecule has 6 nitrogen and oxygen atoms in total. The Balaban J connectivity index is 1.46. The average Bonchev–Trinajstić information content (AvgIpc) is 3.29. The molecule has 2 aliphatic rings. The maximum absolute atomic E-state index is 12.6. The van der Waals surface area contributed by atoms with Crippen molar-refractivity contribution >= 4 is 23.2 Å². The van der Waals surface area contributed by atoms with Crippen LogP contribution >= 0.6 is 11.3 Å². The van der Waals surface area contributed by atoms with Gasteiger partial charge in [0, 0.05) is 67.5 Å². The molecular formula is C19H22N4O2S. The van der Waals surface area contributed by atoms with Crippen molar-refractivity contribution in [3.05, 3.63) is 45.2 Å². The quantitative estimate of drug-likeness (QED) is 0.814. The number of fused-ring (bicyclic) bond motifs is 1. The van der Waals surface area contributed by atoms with Crippen LogP contribution in [0.3, 0.4) is 0 Å². The summed E-state index contributed by atoms with van der Waals surface area (Å²) >= 11 is 1.61. The van der Waals surface area contributed by atoms with Gasteiger partial charge in [-0.25, -0.2) is 9.97 Å². The van der Waals surface area contributed by atoms with Crippen LogP contribution in [-0.2, 0) is 17.8 Å². The monoisotopic (exact) mass is 370 g/mol. The van der Waals surface area contributed by atoms with Crippen LogP contribution in [0.1, 0.15) is 51.6 Å². The molecule has 26 heavy (non-hydrogen) atoms. The summed E-state index contributed by atoms with van der Waals surface area (Å²) < 4.78 is 0. The van der Waals surface area contributed by atoms with Crippen molar-refractivity contribution in [1.29, 1.82) is 0 Å². The van der Waals surface area contributed by atoms with Crippen LogP contribution in [-0.4, -0.2) is 51.2 Å². The topological polar surface area (TPSA) is 66.4 Å². The van der Waals surface area contributed by atoms with Crippen molar-refractivity contribution in [1.82, 2.24) is 19.8 Å². The molecular weight excluding hydrogens is 348 g/mol. The Labute approximate surface area is 156 Å². The number of hydrogen-bond donors (Lipinski definition) is 0. The molecule has 0 aliphatic carbocycles. The van der Waals surface area contributed by atoms with Gasteiger partial charge in [0.05, 0.1) is 11.3 Å². The molecule has 2 aromatic rings. The number of thiophene rings is 1. The van der Waals surface area contributed by atoms with Crippen molar-refractivity contribution in [2.75, 3.05) is 19.6 Å². The average molecular weight is 370 g/mol. The van der Waals surface area contributed by atoms with E-state index < -0.39 is 0 Å². The number of hydrogen-bond acceptors (Lipinski definition) is 5. The SMILES string of the molecule is CC(=O)N1CCc2nc([C@H]3CCN(C(=O)c4csc(C)c4)C3)ncc2C1. The van der Waals surface area contributed by atoms with Gasteiger partial charge in [0.1, 0.15) is 5.82 Å². The summed E-state index contributed by atoms with van der Waals surface area (Å²) in [6.07, 6.45) is 3.53. The molecule has 2 aliphatic heterocycles. The molecule has 4 rings (SSSR count). The Bertz CT molecular complexity index is 863. The largest absolute Gasteiger partial charge is 0.338 e. The smallest absolute Gasteiger partial charge is 0.254 e. The summed E-state index contributed by atoms with van der Waals surface area (Å²) in [4.78, 5) is 38.4. The maximum atomic E-state index is 12.6. The molecule has 0 bridgehead atoms. The van der Waals surface area contributed by atoms with E-state index in [1.807, 2.05) is 34.4 Å². The minimum absolute atomic E-state index is 0.0911. The van der Waals surface area contributed by atoms with Gasteiger partial charge in [0.15, 0.2) is 0 Å². The highest BCUT2D eigenvalue weighted by Crippen LogP contribution is 2.28. The van der Waals surface area contributed by atoms with Crippen LogP contribution in [0.2, 0.25) is 0 Å². The number of amides is 2. The van der Waals surface area contributed by atoms with Gasteiger partial charge in [-0.05, 0) is 19.4 Å². The summed E-state index contributed by atoms with van der Waals surface area (Å²) in [6, 6.07) is 1.95. The number of carbonyl (C=O) groups is 2. The van der Waals surface area contributed by atoms with E-state index in [2.05, 4.69) is 4.98 Å². The molecule has 0 N–H and O–H groups in total. The highest BCUT2D eigenvalue weighted by atomic mass is 32.1. The van der Waals surface area contributed by atoms with Gasteiger partial charge in [-0.3, -0.25) is 9.59 Å². The number of nitrogens with zero attached hydrogens (tertiary/aromatic N) is 4. The molecule has 0 radical (unpaired) electrons. The number of carbonyl (C=O) groups excluding carboxylic acids is 2. The molecule has 0 unspecified atom stereocenters. The van der Waals surface area contributed by atoms with Crippen LogP contribution < -0.4 is 0 Å². The van der Waals surface area contributed by atoms with Gasteiger partial charge >= 0.3 is 0 Å². The van der Waals surface area contributed by atoms with Gasteiger partial charge in [-0.1, -0.05) is 0 Å². The van der Waals surface area contributed by atoms with Gasteiger partial charge in [-0.15, -0.1) is 11.3 Å². The molecule has 1 atom stereocenters. The van der Waals surface area contributed by atoms with E-state index in [9.17, 15) is 9.59 Å². The van der Waals surface area contributed by atoms with Crippen molar-refractivity contribution in [3.63, 3.8) is 0 Å². The molecule has 1 saturated heterocycles. The van der Waals surface area contributed by atoms with Crippen LogP contribution in [0.4, 0.5) is 0 Å². The molecule has 1 fully saturated rings. The molecule has 7 heteroatoms. The number of rotatable bonds is 2. The van der Waals surface area contributed by atoms with E-state index in [1.54, 1.807) is 18.3 Å². The Hall–Kier alpha value is -2.28. The van der Waals surface area contributed by atoms with Crippen molar-refractivity contribution < 1.29 is 9.59 Å². The van der Waals surface area contributed by atoms with E-state index in [0.29, 0.717) is 19.6 Å². The predicted molar refractivity (Wildman–Crippen MR) is 99.1 cm³/mol. The zero-order valence-electron chi connectivity index (χ0n) is 15.1. The fourth-order valence-electron chi connectivity index (χ4n) is 3.69. The molecule has 0 spiro atoms. The third kappa shape index (κ3) is 3.23. The van der Waals surface area contributed by atoms with Gasteiger partial charge in [0.25, 0.3) is 5.91 Å². The van der Waals surface area contributed by atoms with Crippen LogP contribution in [0.15, 0.2) is 17.6 Å². The lowest BCUT2D eigenvalue weighted by atomic mass is 10.0. The van der Waals surface area contributed by atoms with Gasteiger partial charge in [0.2, 0.25) is 5.91 Å². The summed E-state index contributed by atoms with van der Waals surface area (Å²) in [5.41, 5.74) is 2.87. The first-order chi connectivity index (χ1) is 12.5. The summed E-state index contributed by atoms with van der Waals surface area (Å²) in [6.45, 7) is 6.34. The van der Waals surface area contributed by atoms with Gasteiger partial charge in [-0.2, -0.15) is 0 Å². The zero-order valence-corrected chi connectivity index (χ0v) is 15.9. The van der Waals surface area contributed by atoms with E-state index in [4.69, 9.17) is 4.98 Å². The Morgan fingerprint density at radius 3 is 2.85 bits per heavy atom. The van der Waals surface area contributed by atoms with Crippen LogP contribution in [0.5, 0.6) is 0 Å². The van der Waals surface area contributed by atoms with E-state index in [0.717, 1.165) is 46.9 Å². The number of likely N-dealkylation sites (tertiary alicyclic amines) is 1. The number of aromatic nitrogens is 2. The lowest BCUT2D eigenvalue weighted by Crippen LogP contribution is -2.35. The molecule has 2 aromatic heterocycles. The Kier molecular flexibility index (Phi) is 4.48. The van der Waals surface area contributed by atoms with Gasteiger partial charge < -0.3 is 9.80 Å². The summed E-state index contributed by atoms with van der Waals surface area (Å²) in [7, 11) is 0. The first-order valence-electron chi connectivity index (χ1n) is 8.96. The van der Waals surface area contributed by atoms with Crippen LogP contribution in [0, 0.1) is 6.92 Å². The fraction of sp³-hybridized carbons (Fsp3) is 0.474. The first-order valence-corrected chi connectivity index (χ1v) is 9.84. The fourth-order valence-corrected chi connectivity index (χ4v) is 4.37. The standard InChI is InChI=1S/C19H22N4O2S/c1-12-7-15(11-26-12)19(25)23-5-3-14(9-23)18-20-8-16-10-22(13(2)24)6-4-17(16)21-18/h7-8,11,14H,3-6,9-10H2,1-2H3/t14-/m0/s1. The minimum Gasteiger partial charge on any atom is -0.338 e. The maximum Gasteiger partial charge on any atom is 0.254 e. The third-order valence-electron chi connectivity index (χ3n) is 5.22. The van der Waals surface area contributed by atoms with Crippen molar-refractivity contribution in [3.8, 4) is 0 Å². The normalized spacial score (nSPS) is 19.5. The number of aryl methyl sites for hydroxylation is 1.